The van der Waals surface area contributed by atoms with Crippen molar-refractivity contribution in [1.82, 2.24) is 20.6 Å². The molecule has 0 radical (unpaired) electrons. The molecule has 0 saturated carbocycles. The molecule has 2 aromatic carbocycles. The lowest BCUT2D eigenvalue weighted by molar-refractivity contribution is -0.117. The maximum Gasteiger partial charge on any atom is 0.235 e. The van der Waals surface area contributed by atoms with Crippen LogP contribution in [0.4, 0.5) is 5.69 Å². The average molecular weight is 383 g/mol. The first-order valence-electron chi connectivity index (χ1n) is 8.53. The largest absolute Gasteiger partial charge is 0.497 e. The fourth-order valence-electron chi connectivity index (χ4n) is 2.81. The highest BCUT2D eigenvalue weighted by Gasteiger charge is 2.27. The molecule has 146 valence electrons. The monoisotopic (exact) mass is 383 g/mol. The van der Waals surface area contributed by atoms with Crippen molar-refractivity contribution >= 4 is 11.6 Å². The van der Waals surface area contributed by atoms with E-state index in [9.17, 15) is 4.79 Å². The van der Waals surface area contributed by atoms with Gasteiger partial charge in [0.2, 0.25) is 5.91 Å². The number of benzene rings is 2. The summed E-state index contributed by atoms with van der Waals surface area (Å²) in [5.41, 5.74) is 1.40. The molecular formula is C19H21N5O4. The Morgan fingerprint density at radius 2 is 1.86 bits per heavy atom. The molecule has 0 bridgehead atoms. The van der Waals surface area contributed by atoms with Crippen molar-refractivity contribution in [2.75, 3.05) is 26.6 Å². The summed E-state index contributed by atoms with van der Waals surface area (Å²) in [6.45, 7) is 0. The van der Waals surface area contributed by atoms with Gasteiger partial charge in [-0.05, 0) is 42.3 Å². The lowest BCUT2D eigenvalue weighted by atomic mass is 9.96. The lowest BCUT2D eigenvalue weighted by Gasteiger charge is -2.16. The Morgan fingerprint density at radius 1 is 1.07 bits per heavy atom. The minimum Gasteiger partial charge on any atom is -0.497 e. The number of rotatable bonds is 8. The van der Waals surface area contributed by atoms with E-state index >= 15 is 0 Å². The van der Waals surface area contributed by atoms with Crippen molar-refractivity contribution in [3.05, 3.63) is 53.9 Å². The molecule has 0 aliphatic rings. The van der Waals surface area contributed by atoms with Crippen LogP contribution in [-0.4, -0.2) is 47.9 Å². The summed E-state index contributed by atoms with van der Waals surface area (Å²) in [7, 11) is 4.72. The van der Waals surface area contributed by atoms with Gasteiger partial charge in [0, 0.05) is 11.8 Å². The van der Waals surface area contributed by atoms with Crippen molar-refractivity contribution in [1.29, 1.82) is 0 Å². The van der Waals surface area contributed by atoms with Gasteiger partial charge in [-0.2, -0.15) is 5.21 Å². The number of carbonyl (C=O) groups excluding carboxylic acids is 1. The molecule has 0 spiro atoms. The number of carbonyl (C=O) groups is 1. The predicted molar refractivity (Wildman–Crippen MR) is 102 cm³/mol. The molecule has 28 heavy (non-hydrogen) atoms. The number of aromatic amines is 1. The standard InChI is InChI=1S/C19H21N5O4/c1-26-14-6-4-5-13(11-14)20-19(25)16(18-21-23-24-22-18)10-12-9-15(27-2)7-8-17(12)28-3/h4-9,11,16H,10H2,1-3H3,(H,20,25)(H,21,22,23,24). The molecule has 1 atom stereocenters. The van der Waals surface area contributed by atoms with E-state index in [0.717, 1.165) is 5.56 Å². The summed E-state index contributed by atoms with van der Waals surface area (Å²) in [5, 5.41) is 16.9. The first-order valence-corrected chi connectivity index (χ1v) is 8.53. The second-order valence-corrected chi connectivity index (χ2v) is 5.93. The zero-order valence-corrected chi connectivity index (χ0v) is 15.8. The summed E-state index contributed by atoms with van der Waals surface area (Å²) in [6, 6.07) is 12.5. The summed E-state index contributed by atoms with van der Waals surface area (Å²) < 4.78 is 15.9. The normalized spacial score (nSPS) is 11.5. The van der Waals surface area contributed by atoms with Crippen molar-refractivity contribution in [2.24, 2.45) is 0 Å². The molecule has 0 aliphatic carbocycles. The number of H-pyrrole nitrogens is 1. The van der Waals surface area contributed by atoms with E-state index in [1.54, 1.807) is 57.7 Å². The Morgan fingerprint density at radius 3 is 2.54 bits per heavy atom. The first-order chi connectivity index (χ1) is 13.6. The van der Waals surface area contributed by atoms with E-state index < -0.39 is 5.92 Å². The molecule has 3 aromatic rings. The zero-order valence-electron chi connectivity index (χ0n) is 15.8. The van der Waals surface area contributed by atoms with Crippen molar-refractivity contribution in [3.63, 3.8) is 0 Å². The van der Waals surface area contributed by atoms with Crippen LogP contribution in [0.1, 0.15) is 17.3 Å². The van der Waals surface area contributed by atoms with E-state index in [4.69, 9.17) is 14.2 Å². The molecule has 9 nitrogen and oxygen atoms in total. The van der Waals surface area contributed by atoms with Gasteiger partial charge in [-0.25, -0.2) is 0 Å². The van der Waals surface area contributed by atoms with Crippen LogP contribution in [-0.2, 0) is 11.2 Å². The quantitative estimate of drug-likeness (QED) is 0.613. The molecule has 0 aliphatic heterocycles. The molecule has 1 aromatic heterocycles. The van der Waals surface area contributed by atoms with Gasteiger partial charge in [-0.3, -0.25) is 4.79 Å². The number of hydrogen-bond acceptors (Lipinski definition) is 7. The topological polar surface area (TPSA) is 111 Å². The smallest absolute Gasteiger partial charge is 0.235 e. The summed E-state index contributed by atoms with van der Waals surface area (Å²) in [6.07, 6.45) is 0.301. The fourth-order valence-corrected chi connectivity index (χ4v) is 2.81. The number of amides is 1. The molecule has 2 N–H and O–H groups in total. The number of anilines is 1. The lowest BCUT2D eigenvalue weighted by Crippen LogP contribution is -2.24. The summed E-state index contributed by atoms with van der Waals surface area (Å²) in [5.74, 6) is 1.26. The highest BCUT2D eigenvalue weighted by atomic mass is 16.5. The van der Waals surface area contributed by atoms with E-state index in [2.05, 4.69) is 25.9 Å². The third-order valence-corrected chi connectivity index (χ3v) is 4.24. The third-order valence-electron chi connectivity index (χ3n) is 4.24. The van der Waals surface area contributed by atoms with Gasteiger partial charge in [-0.1, -0.05) is 11.3 Å². The second kappa shape index (κ2) is 8.85. The van der Waals surface area contributed by atoms with Crippen LogP contribution in [0.2, 0.25) is 0 Å². The van der Waals surface area contributed by atoms with Crippen LogP contribution in [0.5, 0.6) is 17.2 Å². The van der Waals surface area contributed by atoms with Crippen LogP contribution in [0.3, 0.4) is 0 Å². The van der Waals surface area contributed by atoms with Crippen LogP contribution < -0.4 is 19.5 Å². The number of aromatic nitrogens is 4. The Bertz CT molecular complexity index is 930. The first kappa shape index (κ1) is 19.2. The van der Waals surface area contributed by atoms with Gasteiger partial charge in [0.15, 0.2) is 5.82 Å². The van der Waals surface area contributed by atoms with Crippen LogP contribution in [0, 0.1) is 0 Å². The predicted octanol–water partition coefficient (Wildman–Crippen LogP) is 2.19. The Balaban J connectivity index is 1.89. The summed E-state index contributed by atoms with van der Waals surface area (Å²) >= 11 is 0. The van der Waals surface area contributed by atoms with Gasteiger partial charge in [-0.15, -0.1) is 10.2 Å². The summed E-state index contributed by atoms with van der Waals surface area (Å²) in [4.78, 5) is 13.0. The number of ether oxygens (including phenoxy) is 3. The number of hydrogen-bond donors (Lipinski definition) is 2. The maximum atomic E-state index is 13.0. The molecule has 1 unspecified atom stereocenters. The fraction of sp³-hybridized carbons (Fsp3) is 0.263. The molecular weight excluding hydrogens is 362 g/mol. The van der Waals surface area contributed by atoms with Gasteiger partial charge >= 0.3 is 0 Å². The van der Waals surface area contributed by atoms with Crippen molar-refractivity contribution in [3.8, 4) is 17.2 Å². The number of nitrogens with one attached hydrogen (secondary N) is 2. The molecule has 1 heterocycles. The number of nitrogens with zero attached hydrogens (tertiary/aromatic N) is 3. The number of tetrazole rings is 1. The Kier molecular flexibility index (Phi) is 6.05. The Labute approximate surface area is 162 Å². The van der Waals surface area contributed by atoms with Gasteiger partial charge in [0.05, 0.1) is 21.3 Å². The van der Waals surface area contributed by atoms with Gasteiger partial charge in [0.25, 0.3) is 0 Å². The van der Waals surface area contributed by atoms with E-state index in [1.807, 2.05) is 6.07 Å². The number of methoxy groups -OCH3 is 3. The van der Waals surface area contributed by atoms with Gasteiger partial charge < -0.3 is 19.5 Å². The van der Waals surface area contributed by atoms with E-state index in [-0.39, 0.29) is 11.7 Å². The molecule has 3 rings (SSSR count). The van der Waals surface area contributed by atoms with Crippen molar-refractivity contribution < 1.29 is 19.0 Å². The SMILES string of the molecule is COc1cccc(NC(=O)C(Cc2cc(OC)ccc2OC)c2nn[nH]n2)c1. The zero-order chi connectivity index (χ0) is 19.9. The van der Waals surface area contributed by atoms with Crippen molar-refractivity contribution in [2.45, 2.75) is 12.3 Å². The van der Waals surface area contributed by atoms with Crippen LogP contribution in [0.25, 0.3) is 0 Å². The van der Waals surface area contributed by atoms with Gasteiger partial charge in [0.1, 0.15) is 23.2 Å². The van der Waals surface area contributed by atoms with Crippen LogP contribution in [0.15, 0.2) is 42.5 Å². The second-order valence-electron chi connectivity index (χ2n) is 5.93. The minimum atomic E-state index is -0.689. The highest BCUT2D eigenvalue weighted by molar-refractivity contribution is 5.95. The Hall–Kier alpha value is -3.62. The minimum absolute atomic E-state index is 0.278. The highest BCUT2D eigenvalue weighted by Crippen LogP contribution is 2.29. The third kappa shape index (κ3) is 4.37. The van der Waals surface area contributed by atoms with Crippen LogP contribution >= 0.6 is 0 Å². The average Bonchev–Trinajstić information content (AvgIpc) is 3.26. The molecule has 9 heteroatoms. The van der Waals surface area contributed by atoms with E-state index in [1.165, 1.54) is 0 Å². The molecule has 0 saturated heterocycles. The molecule has 0 fully saturated rings. The maximum absolute atomic E-state index is 13.0. The molecule has 1 amide bonds. The van der Waals surface area contributed by atoms with E-state index in [0.29, 0.717) is 29.4 Å².